The van der Waals surface area contributed by atoms with Crippen LogP contribution in [0.15, 0.2) is 53.7 Å². The first-order valence-corrected chi connectivity index (χ1v) is 8.35. The van der Waals surface area contributed by atoms with Crippen LogP contribution in [0.4, 0.5) is 11.6 Å². The molecule has 0 aliphatic rings. The maximum absolute atomic E-state index is 5.36. The van der Waals surface area contributed by atoms with E-state index in [2.05, 4.69) is 32.6 Å². The summed E-state index contributed by atoms with van der Waals surface area (Å²) in [5.74, 6) is 2.72. The number of ether oxygens (including phenoxy) is 2. The Labute approximate surface area is 144 Å². The first-order chi connectivity index (χ1) is 11.8. The Morgan fingerprint density at radius 1 is 1.08 bits per heavy atom. The third-order valence-corrected chi connectivity index (χ3v) is 4.27. The van der Waals surface area contributed by atoms with Crippen molar-refractivity contribution < 1.29 is 9.47 Å². The molecule has 24 heavy (non-hydrogen) atoms. The zero-order chi connectivity index (χ0) is 16.8. The number of aromatic amines is 1. The van der Waals surface area contributed by atoms with Crippen molar-refractivity contribution in [3.8, 4) is 11.5 Å². The fourth-order valence-corrected chi connectivity index (χ4v) is 2.87. The van der Waals surface area contributed by atoms with E-state index in [4.69, 9.17) is 9.47 Å². The Hall–Kier alpha value is -2.67. The van der Waals surface area contributed by atoms with Gasteiger partial charge < -0.3 is 14.8 Å². The summed E-state index contributed by atoms with van der Waals surface area (Å²) in [7, 11) is 3.23. The van der Waals surface area contributed by atoms with E-state index in [-0.39, 0.29) is 0 Å². The number of nitrogens with zero attached hydrogens (tertiary/aromatic N) is 2. The minimum Gasteiger partial charge on any atom is -0.497 e. The molecule has 0 aliphatic carbocycles. The highest BCUT2D eigenvalue weighted by Crippen LogP contribution is 2.31. The second-order valence-electron chi connectivity index (χ2n) is 4.93. The smallest absolute Gasteiger partial charge is 0.247 e. The molecule has 2 N–H and O–H groups in total. The van der Waals surface area contributed by atoms with Crippen LogP contribution in [-0.4, -0.2) is 29.4 Å². The lowest BCUT2D eigenvalue weighted by Gasteiger charge is -2.10. The van der Waals surface area contributed by atoms with Crippen molar-refractivity contribution in [2.45, 2.75) is 10.9 Å². The second-order valence-corrected chi connectivity index (χ2v) is 5.89. The van der Waals surface area contributed by atoms with Crippen molar-refractivity contribution in [2.75, 3.05) is 19.5 Å². The molecular weight excluding hydrogens is 324 g/mol. The van der Waals surface area contributed by atoms with Gasteiger partial charge in [-0.25, -0.2) is 0 Å². The van der Waals surface area contributed by atoms with Crippen LogP contribution in [0.25, 0.3) is 0 Å². The Kier molecular flexibility index (Phi) is 5.22. The van der Waals surface area contributed by atoms with E-state index in [0.717, 1.165) is 22.3 Å². The largest absolute Gasteiger partial charge is 0.497 e. The summed E-state index contributed by atoms with van der Waals surface area (Å²) in [6.07, 6.45) is 0. The highest BCUT2D eigenvalue weighted by atomic mass is 32.2. The first kappa shape index (κ1) is 16.2. The Morgan fingerprint density at radius 2 is 1.92 bits per heavy atom. The molecular formula is C17H18N4O2S. The molecule has 0 spiro atoms. The summed E-state index contributed by atoms with van der Waals surface area (Å²) in [4.78, 5) is 4.44. The zero-order valence-corrected chi connectivity index (χ0v) is 14.3. The van der Waals surface area contributed by atoms with E-state index < -0.39 is 0 Å². The van der Waals surface area contributed by atoms with Crippen LogP contribution in [0, 0.1) is 0 Å². The summed E-state index contributed by atoms with van der Waals surface area (Å²) in [5.41, 5.74) is 2.02. The molecule has 0 amide bonds. The minimum atomic E-state index is 0.494. The average Bonchev–Trinajstić information content (AvgIpc) is 3.08. The molecule has 0 fully saturated rings. The number of hydrogen-bond acceptors (Lipinski definition) is 6. The lowest BCUT2D eigenvalue weighted by Crippen LogP contribution is -1.97. The van der Waals surface area contributed by atoms with E-state index >= 15 is 0 Å². The first-order valence-electron chi connectivity index (χ1n) is 7.36. The lowest BCUT2D eigenvalue weighted by atomic mass is 10.2. The fraction of sp³-hybridized carbons (Fsp3) is 0.176. The molecule has 1 heterocycles. The van der Waals surface area contributed by atoms with Crippen molar-refractivity contribution in [2.24, 2.45) is 0 Å². The molecule has 0 aliphatic heterocycles. The van der Waals surface area contributed by atoms with Crippen LogP contribution < -0.4 is 14.8 Å². The number of aromatic nitrogens is 3. The van der Waals surface area contributed by atoms with Gasteiger partial charge in [0.05, 0.1) is 19.9 Å². The molecule has 0 saturated heterocycles. The fourth-order valence-electron chi connectivity index (χ4n) is 2.12. The third kappa shape index (κ3) is 3.99. The minimum absolute atomic E-state index is 0.494. The Balaban J connectivity index is 1.66. The van der Waals surface area contributed by atoms with Crippen molar-refractivity contribution >= 4 is 23.4 Å². The summed E-state index contributed by atoms with van der Waals surface area (Å²) in [5, 5.41) is 11.0. The number of anilines is 2. The number of rotatable bonds is 7. The van der Waals surface area contributed by atoms with Gasteiger partial charge in [0, 0.05) is 11.8 Å². The maximum atomic E-state index is 5.36. The van der Waals surface area contributed by atoms with Crippen LogP contribution in [-0.2, 0) is 5.75 Å². The average molecular weight is 342 g/mol. The van der Waals surface area contributed by atoms with Crippen LogP contribution in [0.2, 0.25) is 0 Å². The zero-order valence-electron chi connectivity index (χ0n) is 13.4. The van der Waals surface area contributed by atoms with Gasteiger partial charge in [0.15, 0.2) is 5.16 Å². The van der Waals surface area contributed by atoms with Gasteiger partial charge in [-0.15, -0.1) is 5.10 Å². The topological polar surface area (TPSA) is 72.1 Å². The van der Waals surface area contributed by atoms with Gasteiger partial charge in [-0.1, -0.05) is 42.1 Å². The molecule has 7 heteroatoms. The highest BCUT2D eigenvalue weighted by Gasteiger charge is 2.09. The summed E-state index contributed by atoms with van der Waals surface area (Å²) >= 11 is 1.60. The van der Waals surface area contributed by atoms with E-state index in [1.165, 1.54) is 5.56 Å². The number of H-pyrrole nitrogens is 1. The quantitative estimate of drug-likeness (QED) is 0.635. The predicted octanol–water partition coefficient (Wildman–Crippen LogP) is 3.86. The SMILES string of the molecule is COc1ccc(Nc2n[nH]c(SCc3ccccc3)n2)c(OC)c1. The molecule has 6 nitrogen and oxygen atoms in total. The summed E-state index contributed by atoms with van der Waals surface area (Å²) in [6.45, 7) is 0. The van der Waals surface area contributed by atoms with Gasteiger partial charge in [0.2, 0.25) is 5.95 Å². The van der Waals surface area contributed by atoms with Crippen LogP contribution in [0.5, 0.6) is 11.5 Å². The normalized spacial score (nSPS) is 10.4. The molecule has 0 radical (unpaired) electrons. The molecule has 3 rings (SSSR count). The summed E-state index contributed by atoms with van der Waals surface area (Å²) < 4.78 is 10.6. The standard InChI is InChI=1S/C17H18N4O2S/c1-22-13-8-9-14(15(10-13)23-2)18-16-19-17(21-20-16)24-11-12-6-4-3-5-7-12/h3-10H,11H2,1-2H3,(H2,18,19,20,21). The monoisotopic (exact) mass is 342 g/mol. The Morgan fingerprint density at radius 3 is 2.67 bits per heavy atom. The van der Waals surface area contributed by atoms with Gasteiger partial charge in [0.1, 0.15) is 11.5 Å². The molecule has 0 unspecified atom stereocenters. The predicted molar refractivity (Wildman–Crippen MR) is 95.2 cm³/mol. The lowest BCUT2D eigenvalue weighted by molar-refractivity contribution is 0.395. The van der Waals surface area contributed by atoms with Crippen molar-refractivity contribution in [1.82, 2.24) is 15.2 Å². The van der Waals surface area contributed by atoms with E-state index in [9.17, 15) is 0 Å². The van der Waals surface area contributed by atoms with E-state index in [1.807, 2.05) is 30.3 Å². The van der Waals surface area contributed by atoms with Crippen molar-refractivity contribution in [3.05, 3.63) is 54.1 Å². The van der Waals surface area contributed by atoms with Gasteiger partial charge in [-0.3, -0.25) is 5.10 Å². The number of benzene rings is 2. The summed E-state index contributed by atoms with van der Waals surface area (Å²) in [6, 6.07) is 15.8. The van der Waals surface area contributed by atoms with Gasteiger partial charge in [-0.2, -0.15) is 4.98 Å². The third-order valence-electron chi connectivity index (χ3n) is 3.34. The van der Waals surface area contributed by atoms with Crippen molar-refractivity contribution in [1.29, 1.82) is 0 Å². The molecule has 3 aromatic rings. The van der Waals surface area contributed by atoms with Gasteiger partial charge >= 0.3 is 0 Å². The number of nitrogens with one attached hydrogen (secondary N) is 2. The number of hydrogen-bond donors (Lipinski definition) is 2. The Bertz CT molecular complexity index is 792. The van der Waals surface area contributed by atoms with Crippen molar-refractivity contribution in [3.63, 3.8) is 0 Å². The number of methoxy groups -OCH3 is 2. The van der Waals surface area contributed by atoms with E-state index in [1.54, 1.807) is 32.0 Å². The van der Waals surface area contributed by atoms with Gasteiger partial charge in [0.25, 0.3) is 0 Å². The number of thioether (sulfide) groups is 1. The van der Waals surface area contributed by atoms with Crippen LogP contribution >= 0.6 is 11.8 Å². The molecule has 0 atom stereocenters. The molecule has 1 aromatic heterocycles. The molecule has 124 valence electrons. The van der Waals surface area contributed by atoms with Crippen LogP contribution in [0.3, 0.4) is 0 Å². The van der Waals surface area contributed by atoms with E-state index in [0.29, 0.717) is 11.7 Å². The van der Waals surface area contributed by atoms with Crippen LogP contribution in [0.1, 0.15) is 5.56 Å². The molecule has 2 aromatic carbocycles. The highest BCUT2D eigenvalue weighted by molar-refractivity contribution is 7.98. The molecule has 0 saturated carbocycles. The molecule has 0 bridgehead atoms. The maximum Gasteiger partial charge on any atom is 0.247 e. The second kappa shape index (κ2) is 7.74. The van der Waals surface area contributed by atoms with Gasteiger partial charge in [-0.05, 0) is 17.7 Å².